The molecule has 3 heterocycles. The van der Waals surface area contributed by atoms with Gasteiger partial charge in [-0.15, -0.1) is 0 Å². The van der Waals surface area contributed by atoms with Crippen LogP contribution in [0.3, 0.4) is 0 Å². The van der Waals surface area contributed by atoms with E-state index in [0.717, 1.165) is 5.56 Å². The molecule has 0 amide bonds. The van der Waals surface area contributed by atoms with E-state index in [2.05, 4.69) is 20.8 Å². The first kappa shape index (κ1) is 24.1. The van der Waals surface area contributed by atoms with Crippen LogP contribution < -0.4 is 0 Å². The number of benzene rings is 1. The third-order valence-electron chi connectivity index (χ3n) is 5.82. The molecule has 0 unspecified atom stereocenters. The summed E-state index contributed by atoms with van der Waals surface area (Å²) < 4.78 is 61.3. The first-order valence-corrected chi connectivity index (χ1v) is 12.6. The maximum atomic E-state index is 13.1. The van der Waals surface area contributed by atoms with Gasteiger partial charge in [-0.3, -0.25) is 4.18 Å². The maximum Gasteiger partial charge on any atom is 0.271 e. The Kier molecular flexibility index (Phi) is 6.02. The van der Waals surface area contributed by atoms with E-state index >= 15 is 0 Å². The van der Waals surface area contributed by atoms with E-state index in [4.69, 9.17) is 27.9 Å². The number of fused-ring (bicyclic) bond motifs is 1. The van der Waals surface area contributed by atoms with Gasteiger partial charge in [0.05, 0.1) is 6.61 Å². The highest BCUT2D eigenvalue weighted by Gasteiger charge is 2.60. The molecular formula is C23H34O8S. The molecule has 3 fully saturated rings. The highest BCUT2D eigenvalue weighted by atomic mass is 32.2. The van der Waals surface area contributed by atoms with Crippen LogP contribution in [-0.4, -0.2) is 57.3 Å². The van der Waals surface area contributed by atoms with Gasteiger partial charge in [0.2, 0.25) is 0 Å². The molecule has 0 aromatic heterocycles. The Labute approximate surface area is 190 Å². The number of ether oxygens (including phenoxy) is 5. The van der Waals surface area contributed by atoms with Gasteiger partial charge in [-0.2, -0.15) is 8.42 Å². The van der Waals surface area contributed by atoms with Gasteiger partial charge < -0.3 is 23.7 Å². The number of hydrogen-bond donors (Lipinski definition) is 0. The Bertz CT molecular complexity index is 949. The highest BCUT2D eigenvalue weighted by Crippen LogP contribution is 2.42. The second kappa shape index (κ2) is 8.01. The van der Waals surface area contributed by atoms with Crippen LogP contribution in [0.25, 0.3) is 0 Å². The summed E-state index contributed by atoms with van der Waals surface area (Å²) in [5.74, 6) is -1.95. The van der Waals surface area contributed by atoms with Gasteiger partial charge in [-0.05, 0) is 44.2 Å². The molecule has 0 N–H and O–H groups in total. The normalized spacial score (nSPS) is 34.0. The van der Waals surface area contributed by atoms with E-state index in [1.807, 2.05) is 18.2 Å². The predicted octanol–water partition coefficient (Wildman–Crippen LogP) is 3.23. The fourth-order valence-electron chi connectivity index (χ4n) is 4.33. The van der Waals surface area contributed by atoms with Crippen LogP contribution in [0, 0.1) is 0 Å². The summed E-state index contributed by atoms with van der Waals surface area (Å²) in [7, 11) is -3.96. The molecule has 0 spiro atoms. The molecule has 0 aliphatic carbocycles. The summed E-state index contributed by atoms with van der Waals surface area (Å²) in [5, 5.41) is 0. The minimum Gasteiger partial charge on any atom is -0.348 e. The Morgan fingerprint density at radius 2 is 1.75 bits per heavy atom. The molecule has 0 bridgehead atoms. The number of hydrogen-bond acceptors (Lipinski definition) is 8. The molecule has 4 rings (SSSR count). The minimum atomic E-state index is -3.96. The van der Waals surface area contributed by atoms with E-state index in [9.17, 15) is 8.42 Å². The van der Waals surface area contributed by atoms with E-state index < -0.39 is 52.4 Å². The van der Waals surface area contributed by atoms with Crippen molar-refractivity contribution in [3.05, 3.63) is 35.4 Å². The SMILES string of the molecule is CC1(C)O[C@H]2O[C@H]([C@H]3COC(C)(C)O3)[C@@H](OS(=O)(=O)Cc3cccc(C(C)(C)C)c3)[C@H]2O1. The maximum absolute atomic E-state index is 13.1. The van der Waals surface area contributed by atoms with Crippen molar-refractivity contribution < 1.29 is 36.3 Å². The lowest BCUT2D eigenvalue weighted by Gasteiger charge is -2.28. The second-order valence-corrected chi connectivity index (χ2v) is 12.2. The Morgan fingerprint density at radius 1 is 1.03 bits per heavy atom. The molecule has 0 radical (unpaired) electrons. The monoisotopic (exact) mass is 470 g/mol. The third kappa shape index (κ3) is 5.19. The first-order chi connectivity index (χ1) is 14.6. The van der Waals surface area contributed by atoms with Crippen molar-refractivity contribution in [2.75, 3.05) is 6.61 Å². The fraction of sp³-hybridized carbons (Fsp3) is 0.739. The molecule has 8 nitrogen and oxygen atoms in total. The minimum absolute atomic E-state index is 0.0918. The van der Waals surface area contributed by atoms with Gasteiger partial charge in [0.25, 0.3) is 10.1 Å². The van der Waals surface area contributed by atoms with Crippen LogP contribution >= 0.6 is 0 Å². The Hall–Kier alpha value is -1.07. The van der Waals surface area contributed by atoms with Crippen LogP contribution in [0.5, 0.6) is 0 Å². The van der Waals surface area contributed by atoms with Crippen molar-refractivity contribution in [3.63, 3.8) is 0 Å². The topological polar surface area (TPSA) is 89.5 Å². The van der Waals surface area contributed by atoms with Gasteiger partial charge >= 0.3 is 0 Å². The summed E-state index contributed by atoms with van der Waals surface area (Å²) >= 11 is 0. The van der Waals surface area contributed by atoms with Crippen molar-refractivity contribution in [3.8, 4) is 0 Å². The van der Waals surface area contributed by atoms with Crippen molar-refractivity contribution in [2.24, 2.45) is 0 Å². The van der Waals surface area contributed by atoms with E-state index in [0.29, 0.717) is 5.56 Å². The smallest absolute Gasteiger partial charge is 0.271 e. The zero-order chi connectivity index (χ0) is 23.5. The van der Waals surface area contributed by atoms with Gasteiger partial charge in [0, 0.05) is 0 Å². The van der Waals surface area contributed by atoms with Crippen molar-refractivity contribution in [1.82, 2.24) is 0 Å². The summed E-state index contributed by atoms with van der Waals surface area (Å²) in [6, 6.07) is 7.55. The van der Waals surface area contributed by atoms with Crippen LogP contribution in [-0.2, 0) is 49.2 Å². The fourth-order valence-corrected chi connectivity index (χ4v) is 5.54. The molecule has 1 aromatic rings. The van der Waals surface area contributed by atoms with Crippen LogP contribution in [0.1, 0.15) is 59.6 Å². The summed E-state index contributed by atoms with van der Waals surface area (Å²) in [6.45, 7) is 13.6. The largest absolute Gasteiger partial charge is 0.348 e. The average Bonchev–Trinajstić information content (AvgIpc) is 3.24. The lowest BCUT2D eigenvalue weighted by molar-refractivity contribution is -0.230. The van der Waals surface area contributed by atoms with Crippen LogP contribution in [0.4, 0.5) is 0 Å². The average molecular weight is 471 g/mol. The predicted molar refractivity (Wildman–Crippen MR) is 116 cm³/mol. The van der Waals surface area contributed by atoms with Gasteiger partial charge in [-0.1, -0.05) is 45.0 Å². The van der Waals surface area contributed by atoms with Crippen LogP contribution in [0.2, 0.25) is 0 Å². The van der Waals surface area contributed by atoms with E-state index in [-0.39, 0.29) is 17.8 Å². The molecule has 5 atom stereocenters. The quantitative estimate of drug-likeness (QED) is 0.606. The van der Waals surface area contributed by atoms with Crippen molar-refractivity contribution in [1.29, 1.82) is 0 Å². The molecule has 3 aliphatic rings. The molecule has 9 heteroatoms. The molecule has 32 heavy (non-hydrogen) atoms. The molecule has 3 aliphatic heterocycles. The van der Waals surface area contributed by atoms with Crippen LogP contribution in [0.15, 0.2) is 24.3 Å². The summed E-state index contributed by atoms with van der Waals surface area (Å²) in [6.07, 6.45) is -3.57. The standard InChI is InChI=1S/C23H34O8S/c1-21(2,3)15-10-8-9-14(11-15)13-32(24,25)31-18-17(16-12-26-22(4,5)28-16)27-20-19(18)29-23(6,7)30-20/h8-11,16-20H,12-13H2,1-7H3/t16-,17-,18-,19-,20-/m1/s1. The highest BCUT2D eigenvalue weighted by molar-refractivity contribution is 7.85. The molecule has 3 saturated heterocycles. The van der Waals surface area contributed by atoms with Gasteiger partial charge in [0.1, 0.15) is 30.2 Å². The first-order valence-electron chi connectivity index (χ1n) is 11.0. The lowest BCUT2D eigenvalue weighted by atomic mass is 9.86. The molecule has 1 aromatic carbocycles. The number of rotatable bonds is 5. The second-order valence-electron chi connectivity index (χ2n) is 10.6. The van der Waals surface area contributed by atoms with Gasteiger partial charge in [0.15, 0.2) is 17.9 Å². The van der Waals surface area contributed by atoms with E-state index in [1.54, 1.807) is 33.8 Å². The Morgan fingerprint density at radius 3 is 2.38 bits per heavy atom. The lowest BCUT2D eigenvalue weighted by Crippen LogP contribution is -2.45. The van der Waals surface area contributed by atoms with Crippen molar-refractivity contribution in [2.45, 2.75) is 102 Å². The zero-order valence-electron chi connectivity index (χ0n) is 19.8. The molecule has 180 valence electrons. The molecule has 0 saturated carbocycles. The van der Waals surface area contributed by atoms with Crippen molar-refractivity contribution >= 4 is 10.1 Å². The Balaban J connectivity index is 1.55. The van der Waals surface area contributed by atoms with Gasteiger partial charge in [-0.25, -0.2) is 0 Å². The summed E-state index contributed by atoms with van der Waals surface area (Å²) in [5.41, 5.74) is 1.63. The summed E-state index contributed by atoms with van der Waals surface area (Å²) in [4.78, 5) is 0. The van der Waals surface area contributed by atoms with E-state index in [1.165, 1.54) is 0 Å². The molecular weight excluding hydrogens is 436 g/mol. The zero-order valence-corrected chi connectivity index (χ0v) is 20.6. The third-order valence-corrected chi connectivity index (χ3v) is 7.02.